The van der Waals surface area contributed by atoms with Gasteiger partial charge < -0.3 is 10.2 Å². The number of nitrogens with zero attached hydrogens (tertiary/aromatic N) is 2. The molecule has 1 unspecified atom stereocenters. The van der Waals surface area contributed by atoms with Crippen LogP contribution in [0.15, 0.2) is 83.8 Å². The van der Waals surface area contributed by atoms with Crippen molar-refractivity contribution in [3.05, 3.63) is 95.8 Å². The van der Waals surface area contributed by atoms with Crippen LogP contribution in [0.25, 0.3) is 0 Å². The Labute approximate surface area is 254 Å². The van der Waals surface area contributed by atoms with Crippen molar-refractivity contribution in [2.75, 3.05) is 10.8 Å². The van der Waals surface area contributed by atoms with Gasteiger partial charge in [0.2, 0.25) is 11.8 Å². The highest BCUT2D eigenvalue weighted by molar-refractivity contribution is 7.92. The van der Waals surface area contributed by atoms with Crippen molar-refractivity contribution in [3.8, 4) is 0 Å². The topological polar surface area (TPSA) is 86.8 Å². The molecule has 1 atom stereocenters. The van der Waals surface area contributed by atoms with E-state index >= 15 is 0 Å². The van der Waals surface area contributed by atoms with Gasteiger partial charge in [0, 0.05) is 12.6 Å². The fourth-order valence-corrected chi connectivity index (χ4v) is 6.76. The predicted molar refractivity (Wildman–Crippen MR) is 158 cm³/mol. The highest BCUT2D eigenvalue weighted by Crippen LogP contribution is 2.33. The summed E-state index contributed by atoms with van der Waals surface area (Å²) >= 11 is 0. The van der Waals surface area contributed by atoms with Crippen molar-refractivity contribution in [2.45, 2.75) is 75.1 Å². The van der Waals surface area contributed by atoms with Gasteiger partial charge >= 0.3 is 6.18 Å². The van der Waals surface area contributed by atoms with Crippen molar-refractivity contribution in [2.24, 2.45) is 0 Å². The van der Waals surface area contributed by atoms with Crippen molar-refractivity contribution in [3.63, 3.8) is 0 Å². The Morgan fingerprint density at radius 3 is 2.20 bits per heavy atom. The van der Waals surface area contributed by atoms with Crippen molar-refractivity contribution < 1.29 is 35.6 Å². The van der Waals surface area contributed by atoms with Gasteiger partial charge in [-0.1, -0.05) is 62.6 Å². The second-order valence-electron chi connectivity index (χ2n) is 10.8. The molecule has 3 aromatic carbocycles. The maximum absolute atomic E-state index is 14.1. The average molecular weight is 634 g/mol. The first kappa shape index (κ1) is 33.0. The molecule has 3 aromatic rings. The van der Waals surface area contributed by atoms with Crippen LogP contribution < -0.4 is 9.62 Å². The molecule has 12 heteroatoms. The second-order valence-corrected chi connectivity index (χ2v) is 12.7. The van der Waals surface area contributed by atoms with E-state index in [0.717, 1.165) is 44.2 Å². The molecule has 1 fully saturated rings. The van der Waals surface area contributed by atoms with Gasteiger partial charge in [0.1, 0.15) is 18.4 Å². The van der Waals surface area contributed by atoms with E-state index in [2.05, 4.69) is 5.32 Å². The van der Waals surface area contributed by atoms with E-state index in [-0.39, 0.29) is 29.6 Å². The number of halogens is 4. The van der Waals surface area contributed by atoms with Crippen LogP contribution >= 0.6 is 0 Å². The number of hydrogen-bond donors (Lipinski definition) is 1. The first-order valence-electron chi connectivity index (χ1n) is 14.5. The average Bonchev–Trinajstić information content (AvgIpc) is 3.01. The second kappa shape index (κ2) is 14.2. The van der Waals surface area contributed by atoms with Crippen LogP contribution in [0.2, 0.25) is 0 Å². The molecule has 1 N–H and O–H groups in total. The summed E-state index contributed by atoms with van der Waals surface area (Å²) < 4.78 is 82.9. The van der Waals surface area contributed by atoms with Crippen molar-refractivity contribution in [1.29, 1.82) is 0 Å². The van der Waals surface area contributed by atoms with Crippen molar-refractivity contribution >= 4 is 27.5 Å². The summed E-state index contributed by atoms with van der Waals surface area (Å²) in [6.07, 6.45) is 0.00773. The van der Waals surface area contributed by atoms with Crippen LogP contribution in [0.4, 0.5) is 23.2 Å². The molecular formula is C32H35F4N3O4S. The first-order chi connectivity index (χ1) is 20.9. The summed E-state index contributed by atoms with van der Waals surface area (Å²) in [4.78, 5) is 28.6. The van der Waals surface area contributed by atoms with Gasteiger partial charge in [-0.05, 0) is 67.3 Å². The minimum Gasteiger partial charge on any atom is -0.352 e. The van der Waals surface area contributed by atoms with Crippen molar-refractivity contribution in [1.82, 2.24) is 10.2 Å². The molecule has 0 heterocycles. The third kappa shape index (κ3) is 8.16. The molecule has 236 valence electrons. The molecule has 0 saturated heterocycles. The Bertz CT molecular complexity index is 1530. The lowest BCUT2D eigenvalue weighted by Gasteiger charge is -2.34. The number of nitrogens with one attached hydrogen (secondary N) is 1. The number of amides is 2. The zero-order valence-electron chi connectivity index (χ0n) is 24.3. The summed E-state index contributed by atoms with van der Waals surface area (Å²) in [6, 6.07) is 15.0. The van der Waals surface area contributed by atoms with Crippen LogP contribution in [0.5, 0.6) is 0 Å². The van der Waals surface area contributed by atoms with Gasteiger partial charge in [-0.25, -0.2) is 12.8 Å². The predicted octanol–water partition coefficient (Wildman–Crippen LogP) is 6.30. The molecule has 0 radical (unpaired) electrons. The number of sulfonamides is 1. The van der Waals surface area contributed by atoms with E-state index in [4.69, 9.17) is 0 Å². The molecule has 7 nitrogen and oxygen atoms in total. The molecule has 0 aromatic heterocycles. The number of rotatable bonds is 11. The van der Waals surface area contributed by atoms with E-state index < -0.39 is 52.0 Å². The molecule has 4 rings (SSSR count). The lowest BCUT2D eigenvalue weighted by atomic mass is 9.95. The summed E-state index contributed by atoms with van der Waals surface area (Å²) in [5, 5.41) is 3.02. The van der Waals surface area contributed by atoms with Crippen LogP contribution in [0.3, 0.4) is 0 Å². The van der Waals surface area contributed by atoms with E-state index in [9.17, 15) is 35.6 Å². The van der Waals surface area contributed by atoms with E-state index in [0.29, 0.717) is 15.9 Å². The van der Waals surface area contributed by atoms with Crippen LogP contribution in [-0.2, 0) is 32.3 Å². The molecule has 0 spiro atoms. The number of carbonyl (C=O) groups excluding carboxylic acids is 2. The number of carbonyl (C=O) groups is 2. The Hall–Kier alpha value is -3.93. The Kier molecular flexibility index (Phi) is 10.7. The zero-order chi connectivity index (χ0) is 31.9. The zero-order valence-corrected chi connectivity index (χ0v) is 25.1. The summed E-state index contributed by atoms with van der Waals surface area (Å²) in [6.45, 7) is 0.672. The summed E-state index contributed by atoms with van der Waals surface area (Å²) in [7, 11) is -4.53. The standard InChI is InChI=1S/C32H35F4N3O4S/c1-2-29(31(41)37-26-11-5-3-6-12-26)38(21-23-16-18-25(33)19-17-23)30(40)22-39(44(42,43)28-14-7-4-8-15-28)27-13-9-10-24(20-27)32(34,35)36/h4,7-10,13-20,26,29H,2-3,5-6,11-12,21-22H2,1H3,(H,37,41). The highest BCUT2D eigenvalue weighted by atomic mass is 32.2. The Balaban J connectivity index is 1.74. The minimum absolute atomic E-state index is 0.0619. The highest BCUT2D eigenvalue weighted by Gasteiger charge is 2.36. The number of hydrogen-bond acceptors (Lipinski definition) is 4. The molecule has 2 amide bonds. The lowest BCUT2D eigenvalue weighted by Crippen LogP contribution is -2.54. The van der Waals surface area contributed by atoms with Crippen LogP contribution in [0.1, 0.15) is 56.6 Å². The van der Waals surface area contributed by atoms with Gasteiger partial charge in [-0.15, -0.1) is 0 Å². The molecule has 0 bridgehead atoms. The maximum Gasteiger partial charge on any atom is 0.416 e. The van der Waals surface area contributed by atoms with Gasteiger partial charge in [-0.2, -0.15) is 13.2 Å². The van der Waals surface area contributed by atoms with E-state index in [1.165, 1.54) is 59.5 Å². The number of benzene rings is 3. The van der Waals surface area contributed by atoms with Crippen LogP contribution in [0, 0.1) is 5.82 Å². The quantitative estimate of drug-likeness (QED) is 0.251. The van der Waals surface area contributed by atoms with E-state index in [1.54, 1.807) is 13.0 Å². The third-order valence-corrected chi connectivity index (χ3v) is 9.46. The van der Waals surface area contributed by atoms with Gasteiger partial charge in [-0.3, -0.25) is 13.9 Å². The normalized spacial score (nSPS) is 14.9. The van der Waals surface area contributed by atoms with Gasteiger partial charge in [0.05, 0.1) is 16.1 Å². The Morgan fingerprint density at radius 2 is 1.59 bits per heavy atom. The first-order valence-corrected chi connectivity index (χ1v) is 15.9. The fraction of sp³-hybridized carbons (Fsp3) is 0.375. The molecule has 44 heavy (non-hydrogen) atoms. The largest absolute Gasteiger partial charge is 0.416 e. The monoisotopic (exact) mass is 633 g/mol. The van der Waals surface area contributed by atoms with Gasteiger partial charge in [0.15, 0.2) is 0 Å². The van der Waals surface area contributed by atoms with Crippen LogP contribution in [-0.4, -0.2) is 43.8 Å². The smallest absolute Gasteiger partial charge is 0.352 e. The molecule has 1 aliphatic rings. The molecule has 1 saturated carbocycles. The van der Waals surface area contributed by atoms with E-state index in [1.807, 2.05) is 0 Å². The molecular weight excluding hydrogens is 598 g/mol. The SMILES string of the molecule is CCC(C(=O)NC1CCCCC1)N(Cc1ccc(F)cc1)C(=O)CN(c1cccc(C(F)(F)F)c1)S(=O)(=O)c1ccccc1. The summed E-state index contributed by atoms with van der Waals surface area (Å²) in [5.74, 6) is -1.72. The lowest BCUT2D eigenvalue weighted by molar-refractivity contribution is -0.140. The maximum atomic E-state index is 14.1. The minimum atomic E-state index is -4.76. The molecule has 0 aliphatic heterocycles. The number of anilines is 1. The number of alkyl halides is 3. The fourth-order valence-electron chi connectivity index (χ4n) is 5.34. The summed E-state index contributed by atoms with van der Waals surface area (Å²) in [5.41, 5.74) is -0.962. The van der Waals surface area contributed by atoms with Gasteiger partial charge in [0.25, 0.3) is 10.0 Å². The third-order valence-electron chi connectivity index (χ3n) is 7.68. The Morgan fingerprint density at radius 1 is 0.932 bits per heavy atom. The molecule has 1 aliphatic carbocycles.